The van der Waals surface area contributed by atoms with Crippen LogP contribution >= 0.6 is 0 Å². The Kier molecular flexibility index (Phi) is 9.89. The molecular formula is C26H29NO6. The van der Waals surface area contributed by atoms with Gasteiger partial charge in [0.05, 0.1) is 7.11 Å². The second kappa shape index (κ2) is 12.9. The lowest BCUT2D eigenvalue weighted by atomic mass is 9.98. The summed E-state index contributed by atoms with van der Waals surface area (Å²) in [7, 11) is 1.27. The zero-order chi connectivity index (χ0) is 24.2. The number of ketones is 1. The number of ether oxygens (including phenoxy) is 1. The molecule has 7 heteroatoms. The van der Waals surface area contributed by atoms with Crippen LogP contribution < -0.4 is 10.9 Å². The number of carbonyl (C=O) groups excluding carboxylic acids is 2. The predicted molar refractivity (Wildman–Crippen MR) is 127 cm³/mol. The zero-order valence-electron chi connectivity index (χ0n) is 19.0. The Morgan fingerprint density at radius 3 is 2.61 bits per heavy atom. The van der Waals surface area contributed by atoms with E-state index in [1.165, 1.54) is 19.4 Å². The third-order valence-electron chi connectivity index (χ3n) is 4.99. The first-order valence-corrected chi connectivity index (χ1v) is 10.7. The fourth-order valence-corrected chi connectivity index (χ4v) is 3.06. The summed E-state index contributed by atoms with van der Waals surface area (Å²) in [6.45, 7) is 3.64. The summed E-state index contributed by atoms with van der Waals surface area (Å²) in [4.78, 5) is 36.4. The number of Topliss-reactive ketones (excluding diaryl/α,β-unsaturated/α-hetero) is 1. The van der Waals surface area contributed by atoms with E-state index in [-0.39, 0.29) is 17.2 Å². The third kappa shape index (κ3) is 7.64. The Hall–Kier alpha value is -3.87. The number of allylic oxidation sites excluding steroid dienone is 4. The number of hydrogen-bond donors (Lipinski definition) is 2. The number of benzene rings is 1. The molecule has 2 N–H and O–H groups in total. The molecule has 7 nitrogen and oxygen atoms in total. The molecule has 0 saturated carbocycles. The summed E-state index contributed by atoms with van der Waals surface area (Å²) in [5.74, 6) is -0.857. The highest BCUT2D eigenvalue weighted by Gasteiger charge is 2.22. The normalized spacial score (nSPS) is 12.8. The monoisotopic (exact) mass is 451 g/mol. The van der Waals surface area contributed by atoms with E-state index in [4.69, 9.17) is 4.42 Å². The minimum absolute atomic E-state index is 0.189. The lowest BCUT2D eigenvalue weighted by Gasteiger charge is -2.11. The van der Waals surface area contributed by atoms with Crippen LogP contribution in [0.15, 0.2) is 75.6 Å². The number of amides is 1. The van der Waals surface area contributed by atoms with E-state index >= 15 is 0 Å². The Morgan fingerprint density at radius 2 is 1.97 bits per heavy atom. The topological polar surface area (TPSA) is 106 Å². The Labute approximate surface area is 193 Å². The van der Waals surface area contributed by atoms with Crippen molar-refractivity contribution in [1.82, 2.24) is 5.32 Å². The first-order valence-electron chi connectivity index (χ1n) is 10.7. The fourth-order valence-electron chi connectivity index (χ4n) is 3.06. The molecule has 0 aliphatic rings. The van der Waals surface area contributed by atoms with E-state index in [0.29, 0.717) is 24.8 Å². The molecule has 1 atom stereocenters. The second-order valence-electron chi connectivity index (χ2n) is 7.36. The van der Waals surface area contributed by atoms with E-state index < -0.39 is 23.3 Å². The highest BCUT2D eigenvalue weighted by molar-refractivity contribution is 6.10. The first-order chi connectivity index (χ1) is 15.9. The molecule has 0 saturated heterocycles. The minimum Gasteiger partial charge on any atom is -0.507 e. The summed E-state index contributed by atoms with van der Waals surface area (Å²) in [5, 5.41) is 12.9. The van der Waals surface area contributed by atoms with E-state index in [1.807, 2.05) is 43.3 Å². The van der Waals surface area contributed by atoms with Crippen LogP contribution in [-0.4, -0.2) is 24.1 Å². The zero-order valence-corrected chi connectivity index (χ0v) is 19.0. The van der Waals surface area contributed by atoms with Crippen molar-refractivity contribution in [1.29, 1.82) is 0 Å². The number of nitrogens with one attached hydrogen (secondary N) is 1. The maximum absolute atomic E-state index is 12.9. The maximum atomic E-state index is 12.9. The number of rotatable bonds is 10. The average Bonchev–Trinajstić information content (AvgIpc) is 2.81. The summed E-state index contributed by atoms with van der Waals surface area (Å²) in [6, 6.07) is 10.9. The Balaban J connectivity index is 2.12. The molecule has 0 spiro atoms. The van der Waals surface area contributed by atoms with Crippen LogP contribution in [0.25, 0.3) is 6.08 Å². The van der Waals surface area contributed by atoms with Gasteiger partial charge >= 0.3 is 11.7 Å². The number of aromatic hydroxyl groups is 1. The predicted octanol–water partition coefficient (Wildman–Crippen LogP) is 5.33. The number of methoxy groups -OCH3 is 1. The molecule has 33 heavy (non-hydrogen) atoms. The van der Waals surface area contributed by atoms with Gasteiger partial charge in [-0.3, -0.25) is 10.1 Å². The van der Waals surface area contributed by atoms with Gasteiger partial charge in [0.15, 0.2) is 5.78 Å². The Bertz CT molecular complexity index is 1100. The van der Waals surface area contributed by atoms with Gasteiger partial charge in [-0.15, -0.1) is 0 Å². The molecule has 1 aromatic heterocycles. The molecule has 0 aliphatic heterocycles. The van der Waals surface area contributed by atoms with Crippen LogP contribution in [0.3, 0.4) is 0 Å². The second-order valence-corrected chi connectivity index (χ2v) is 7.36. The molecule has 1 aromatic carbocycles. The van der Waals surface area contributed by atoms with Crippen LogP contribution in [0.5, 0.6) is 5.75 Å². The summed E-state index contributed by atoms with van der Waals surface area (Å²) in [6.07, 6.45) is 9.46. The molecule has 1 heterocycles. The number of alkyl carbamates (subject to hydrolysis) is 1. The molecule has 0 bridgehead atoms. The van der Waals surface area contributed by atoms with Crippen LogP contribution in [0, 0.1) is 0 Å². The van der Waals surface area contributed by atoms with Gasteiger partial charge in [0.25, 0.3) is 0 Å². The summed E-state index contributed by atoms with van der Waals surface area (Å²) in [5.41, 5.74) is 0.132. The van der Waals surface area contributed by atoms with Gasteiger partial charge in [-0.25, -0.2) is 9.59 Å². The van der Waals surface area contributed by atoms with Gasteiger partial charge in [0, 0.05) is 23.8 Å². The maximum Gasteiger partial charge on any atom is 0.410 e. The van der Waals surface area contributed by atoms with Crippen molar-refractivity contribution in [3.8, 4) is 5.75 Å². The van der Waals surface area contributed by atoms with Gasteiger partial charge in [-0.2, -0.15) is 0 Å². The van der Waals surface area contributed by atoms with Gasteiger partial charge in [0.2, 0.25) is 0 Å². The van der Waals surface area contributed by atoms with Crippen LogP contribution in [0.4, 0.5) is 4.79 Å². The summed E-state index contributed by atoms with van der Waals surface area (Å²) >= 11 is 0. The standard InChI is InChI=1S/C26H29NO6/c1-4-20(15-10-14-19-12-6-5-7-13-19)24(29)23-21(28)17-22(33-25(23)30)18(2)11-8-9-16-27-26(31)32-3/h5-7,9-10,12-18,28H,4,8,11H2,1-3H3,(H,27,31)/b14-10+,16-9+,20-15+/t18-/m1/s1. The van der Waals surface area contributed by atoms with Crippen molar-refractivity contribution in [3.05, 3.63) is 93.7 Å². The minimum atomic E-state index is -0.865. The van der Waals surface area contributed by atoms with E-state index in [9.17, 15) is 19.5 Å². The van der Waals surface area contributed by atoms with Gasteiger partial charge in [0.1, 0.15) is 17.1 Å². The van der Waals surface area contributed by atoms with Crippen LogP contribution in [0.1, 0.15) is 60.7 Å². The number of carbonyl (C=O) groups is 2. The van der Waals surface area contributed by atoms with Gasteiger partial charge in [-0.1, -0.05) is 68.5 Å². The third-order valence-corrected chi connectivity index (χ3v) is 4.99. The van der Waals surface area contributed by atoms with Crippen molar-refractivity contribution in [2.75, 3.05) is 7.11 Å². The quantitative estimate of drug-likeness (QED) is 0.287. The summed E-state index contributed by atoms with van der Waals surface area (Å²) < 4.78 is 9.81. The average molecular weight is 452 g/mol. The highest BCUT2D eigenvalue weighted by Crippen LogP contribution is 2.26. The molecule has 0 unspecified atom stereocenters. The van der Waals surface area contributed by atoms with Gasteiger partial charge < -0.3 is 14.3 Å². The largest absolute Gasteiger partial charge is 0.507 e. The first kappa shape index (κ1) is 25.4. The van der Waals surface area contributed by atoms with E-state index in [0.717, 1.165) is 5.56 Å². The van der Waals surface area contributed by atoms with Crippen molar-refractivity contribution in [2.24, 2.45) is 0 Å². The van der Waals surface area contributed by atoms with E-state index in [1.54, 1.807) is 25.2 Å². The Morgan fingerprint density at radius 1 is 1.24 bits per heavy atom. The van der Waals surface area contributed by atoms with Crippen molar-refractivity contribution >= 4 is 18.0 Å². The number of hydrogen-bond acceptors (Lipinski definition) is 6. The molecule has 0 fully saturated rings. The molecular weight excluding hydrogens is 422 g/mol. The molecule has 2 rings (SSSR count). The fraction of sp³-hybridized carbons (Fsp3) is 0.269. The van der Waals surface area contributed by atoms with Crippen molar-refractivity contribution in [2.45, 2.75) is 39.0 Å². The molecule has 0 aliphatic carbocycles. The smallest absolute Gasteiger partial charge is 0.410 e. The van der Waals surface area contributed by atoms with Gasteiger partial charge in [-0.05, 0) is 24.8 Å². The lowest BCUT2D eigenvalue weighted by molar-refractivity contribution is 0.102. The molecule has 0 radical (unpaired) electrons. The highest BCUT2D eigenvalue weighted by atomic mass is 16.5. The van der Waals surface area contributed by atoms with E-state index in [2.05, 4.69) is 10.1 Å². The van der Waals surface area contributed by atoms with Crippen LogP contribution in [0.2, 0.25) is 0 Å². The van der Waals surface area contributed by atoms with Crippen molar-refractivity contribution < 1.29 is 23.8 Å². The van der Waals surface area contributed by atoms with Crippen LogP contribution in [-0.2, 0) is 4.74 Å². The van der Waals surface area contributed by atoms with Crippen molar-refractivity contribution in [3.63, 3.8) is 0 Å². The SMILES string of the molecule is CC/C(=C\C=C\c1ccccc1)C(=O)c1c(O)cc([C@H](C)CC/C=C/NC(=O)OC)oc1=O. The molecule has 1 amide bonds. The molecule has 174 valence electrons. The molecule has 2 aromatic rings. The lowest BCUT2D eigenvalue weighted by Crippen LogP contribution is -2.17.